The van der Waals surface area contributed by atoms with Gasteiger partial charge < -0.3 is 0 Å². The Balaban J connectivity index is 2.66. The quantitative estimate of drug-likeness (QED) is 0.867. The van der Waals surface area contributed by atoms with Gasteiger partial charge in [0.15, 0.2) is 0 Å². The maximum atomic E-state index is 12.0. The van der Waals surface area contributed by atoms with E-state index in [2.05, 4.69) is 21.0 Å². The van der Waals surface area contributed by atoms with Crippen molar-refractivity contribution in [3.8, 4) is 0 Å². The SMILES string of the molecule is O=c1[nH]n(CCCBr)c(=O)c2ccccc12. The van der Waals surface area contributed by atoms with E-state index < -0.39 is 0 Å². The van der Waals surface area contributed by atoms with Crippen LogP contribution in [-0.2, 0) is 6.54 Å². The number of H-pyrrole nitrogens is 1. The second-order valence-electron chi connectivity index (χ2n) is 3.49. The summed E-state index contributed by atoms with van der Waals surface area (Å²) in [4.78, 5) is 23.7. The minimum absolute atomic E-state index is 0.142. The van der Waals surface area contributed by atoms with E-state index in [1.54, 1.807) is 24.3 Å². The maximum Gasteiger partial charge on any atom is 0.273 e. The molecule has 2 aromatic rings. The first-order valence-corrected chi connectivity index (χ1v) is 6.14. The van der Waals surface area contributed by atoms with Gasteiger partial charge in [-0.2, -0.15) is 0 Å². The van der Waals surface area contributed by atoms with E-state index in [0.717, 1.165) is 11.8 Å². The first-order chi connectivity index (χ1) is 7.74. The topological polar surface area (TPSA) is 54.9 Å². The summed E-state index contributed by atoms with van der Waals surface area (Å²) in [6, 6.07) is 6.85. The van der Waals surface area contributed by atoms with Gasteiger partial charge in [0, 0.05) is 11.9 Å². The van der Waals surface area contributed by atoms with Gasteiger partial charge in [0.25, 0.3) is 11.1 Å². The first-order valence-electron chi connectivity index (χ1n) is 5.02. The largest absolute Gasteiger partial charge is 0.273 e. The molecule has 0 aliphatic rings. The number of fused-ring (bicyclic) bond motifs is 1. The predicted octanol–water partition coefficient (Wildman–Crippen LogP) is 1.47. The number of hydrogen-bond donors (Lipinski definition) is 1. The minimum Gasteiger partial charge on any atom is -0.267 e. The van der Waals surface area contributed by atoms with E-state index in [4.69, 9.17) is 0 Å². The molecule has 0 unspecified atom stereocenters. The lowest BCUT2D eigenvalue weighted by Gasteiger charge is -2.05. The molecule has 0 aliphatic heterocycles. The van der Waals surface area contributed by atoms with Crippen molar-refractivity contribution in [3.63, 3.8) is 0 Å². The molecule has 4 nitrogen and oxygen atoms in total. The van der Waals surface area contributed by atoms with Gasteiger partial charge in [0.1, 0.15) is 0 Å². The summed E-state index contributed by atoms with van der Waals surface area (Å²) in [6.07, 6.45) is 0.800. The lowest BCUT2D eigenvalue weighted by atomic mass is 10.2. The van der Waals surface area contributed by atoms with Crippen LogP contribution < -0.4 is 11.1 Å². The molecule has 0 aliphatic carbocycles. The van der Waals surface area contributed by atoms with Crippen molar-refractivity contribution in [2.45, 2.75) is 13.0 Å². The highest BCUT2D eigenvalue weighted by Crippen LogP contribution is 2.02. The number of rotatable bonds is 3. The summed E-state index contributed by atoms with van der Waals surface area (Å²) in [6.45, 7) is 0.518. The molecule has 5 heteroatoms. The van der Waals surface area contributed by atoms with E-state index in [1.807, 2.05) is 0 Å². The number of hydrogen-bond acceptors (Lipinski definition) is 2. The second-order valence-corrected chi connectivity index (χ2v) is 4.28. The fraction of sp³-hybridized carbons (Fsp3) is 0.273. The molecule has 2 rings (SSSR count). The van der Waals surface area contributed by atoms with Gasteiger partial charge in [0.2, 0.25) is 0 Å². The maximum absolute atomic E-state index is 12.0. The van der Waals surface area contributed by atoms with E-state index in [1.165, 1.54) is 4.68 Å². The molecule has 1 aromatic heterocycles. The average molecular weight is 283 g/mol. The molecule has 84 valence electrons. The summed E-state index contributed by atoms with van der Waals surface area (Å²) >= 11 is 3.29. The average Bonchev–Trinajstić information content (AvgIpc) is 2.32. The monoisotopic (exact) mass is 282 g/mol. The Morgan fingerprint density at radius 3 is 2.56 bits per heavy atom. The number of alkyl halides is 1. The molecule has 1 heterocycles. The normalized spacial score (nSPS) is 10.8. The smallest absolute Gasteiger partial charge is 0.267 e. The molecule has 0 fully saturated rings. The highest BCUT2D eigenvalue weighted by Gasteiger charge is 2.05. The Kier molecular flexibility index (Phi) is 3.24. The third-order valence-corrected chi connectivity index (χ3v) is 2.96. The Morgan fingerprint density at radius 1 is 1.19 bits per heavy atom. The van der Waals surface area contributed by atoms with E-state index >= 15 is 0 Å². The zero-order valence-corrected chi connectivity index (χ0v) is 10.2. The van der Waals surface area contributed by atoms with Gasteiger partial charge in [-0.15, -0.1) is 0 Å². The molecule has 0 atom stereocenters. The summed E-state index contributed by atoms with van der Waals surface area (Å²) in [5, 5.41) is 4.30. The number of nitrogens with one attached hydrogen (secondary N) is 1. The molecule has 0 bridgehead atoms. The lowest BCUT2D eigenvalue weighted by molar-refractivity contribution is 0.570. The summed E-state index contributed by atoms with van der Waals surface area (Å²) in [5.74, 6) is 0. The number of aryl methyl sites for hydroxylation is 1. The zero-order chi connectivity index (χ0) is 11.5. The second kappa shape index (κ2) is 4.65. The number of benzene rings is 1. The van der Waals surface area contributed by atoms with Crippen LogP contribution in [0.25, 0.3) is 10.8 Å². The van der Waals surface area contributed by atoms with Crippen molar-refractivity contribution < 1.29 is 0 Å². The van der Waals surface area contributed by atoms with Crippen LogP contribution in [0.5, 0.6) is 0 Å². The molecular formula is C11H11BrN2O2. The van der Waals surface area contributed by atoms with E-state index in [0.29, 0.717) is 17.3 Å². The van der Waals surface area contributed by atoms with Gasteiger partial charge in [-0.05, 0) is 18.6 Å². The van der Waals surface area contributed by atoms with Crippen molar-refractivity contribution >= 4 is 26.7 Å². The zero-order valence-electron chi connectivity index (χ0n) is 8.57. The predicted molar refractivity (Wildman–Crippen MR) is 67.2 cm³/mol. The summed E-state index contributed by atoms with van der Waals surface area (Å²) in [7, 11) is 0. The van der Waals surface area contributed by atoms with Gasteiger partial charge in [-0.25, -0.2) is 4.68 Å². The lowest BCUT2D eigenvalue weighted by Crippen LogP contribution is -2.29. The van der Waals surface area contributed by atoms with Gasteiger partial charge in [0.05, 0.1) is 10.8 Å². The molecule has 0 amide bonds. The van der Waals surface area contributed by atoms with Crippen LogP contribution in [0.2, 0.25) is 0 Å². The van der Waals surface area contributed by atoms with Gasteiger partial charge in [-0.1, -0.05) is 28.1 Å². The standard InChI is InChI=1S/C11H11BrN2O2/c12-6-3-7-14-11(16)9-5-2-1-4-8(9)10(15)13-14/h1-2,4-5H,3,6-7H2,(H,13,15). The van der Waals surface area contributed by atoms with Crippen LogP contribution >= 0.6 is 15.9 Å². The number of nitrogens with zero attached hydrogens (tertiary/aromatic N) is 1. The Bertz CT molecular complexity index is 615. The van der Waals surface area contributed by atoms with Crippen LogP contribution in [-0.4, -0.2) is 15.1 Å². The molecule has 1 N–H and O–H groups in total. The molecule has 0 saturated heterocycles. The summed E-state index contributed by atoms with van der Waals surface area (Å²) in [5.41, 5.74) is -0.360. The highest BCUT2D eigenvalue weighted by atomic mass is 79.9. The Morgan fingerprint density at radius 2 is 1.88 bits per heavy atom. The van der Waals surface area contributed by atoms with E-state index in [9.17, 15) is 9.59 Å². The number of aromatic nitrogens is 2. The van der Waals surface area contributed by atoms with Crippen LogP contribution in [0.15, 0.2) is 33.9 Å². The molecule has 0 spiro atoms. The number of halogens is 1. The minimum atomic E-state index is -0.218. The highest BCUT2D eigenvalue weighted by molar-refractivity contribution is 9.09. The number of aromatic amines is 1. The Labute approximate surface area is 100 Å². The fourth-order valence-corrected chi connectivity index (χ4v) is 1.87. The fourth-order valence-electron chi connectivity index (χ4n) is 1.62. The van der Waals surface area contributed by atoms with Crippen molar-refractivity contribution in [2.75, 3.05) is 5.33 Å². The van der Waals surface area contributed by atoms with Crippen molar-refractivity contribution in [2.24, 2.45) is 0 Å². The molecular weight excluding hydrogens is 272 g/mol. The van der Waals surface area contributed by atoms with Crippen molar-refractivity contribution in [3.05, 3.63) is 45.0 Å². The first kappa shape index (κ1) is 11.1. The van der Waals surface area contributed by atoms with Crippen molar-refractivity contribution in [1.82, 2.24) is 9.78 Å². The Hall–Kier alpha value is -1.36. The third kappa shape index (κ3) is 1.95. The van der Waals surface area contributed by atoms with Crippen molar-refractivity contribution in [1.29, 1.82) is 0 Å². The van der Waals surface area contributed by atoms with Crippen LogP contribution in [0, 0.1) is 0 Å². The summed E-state index contributed by atoms with van der Waals surface area (Å²) < 4.78 is 1.37. The molecule has 0 radical (unpaired) electrons. The van der Waals surface area contributed by atoms with E-state index in [-0.39, 0.29) is 11.1 Å². The third-order valence-electron chi connectivity index (χ3n) is 2.40. The van der Waals surface area contributed by atoms with Crippen LogP contribution in [0.1, 0.15) is 6.42 Å². The van der Waals surface area contributed by atoms with Gasteiger partial charge in [-0.3, -0.25) is 14.7 Å². The van der Waals surface area contributed by atoms with Gasteiger partial charge >= 0.3 is 0 Å². The molecule has 1 aromatic carbocycles. The molecule has 16 heavy (non-hydrogen) atoms. The molecule has 0 saturated carbocycles. The van der Waals surface area contributed by atoms with Crippen LogP contribution in [0.3, 0.4) is 0 Å². The van der Waals surface area contributed by atoms with Crippen LogP contribution in [0.4, 0.5) is 0 Å².